The van der Waals surface area contributed by atoms with Gasteiger partial charge < -0.3 is 10.6 Å². The molecule has 1 aliphatic carbocycles. The zero-order valence-corrected chi connectivity index (χ0v) is 13.9. The number of carbonyl (C=O) groups excluding carboxylic acids is 1. The number of rotatable bonds is 6. The van der Waals surface area contributed by atoms with Gasteiger partial charge in [-0.15, -0.1) is 0 Å². The highest BCUT2D eigenvalue weighted by Gasteiger charge is 2.26. The predicted molar refractivity (Wildman–Crippen MR) is 90.2 cm³/mol. The van der Waals surface area contributed by atoms with Crippen LogP contribution in [0.15, 0.2) is 12.1 Å². The molecule has 1 fully saturated rings. The van der Waals surface area contributed by atoms with Crippen molar-refractivity contribution >= 4 is 23.5 Å². The molecule has 116 valence electrons. The van der Waals surface area contributed by atoms with Crippen molar-refractivity contribution in [1.82, 2.24) is 10.3 Å². The van der Waals surface area contributed by atoms with Gasteiger partial charge in [-0.3, -0.25) is 4.79 Å². The van der Waals surface area contributed by atoms with E-state index in [2.05, 4.69) is 22.5 Å². The normalized spacial score (nSPS) is 21.3. The van der Waals surface area contributed by atoms with Crippen LogP contribution in [-0.4, -0.2) is 34.5 Å². The quantitative estimate of drug-likeness (QED) is 0.847. The molecule has 0 aromatic carbocycles. The van der Waals surface area contributed by atoms with Gasteiger partial charge in [-0.25, -0.2) is 4.98 Å². The number of aryl methyl sites for hydroxylation is 1. The van der Waals surface area contributed by atoms with E-state index in [0.717, 1.165) is 36.7 Å². The molecule has 0 radical (unpaired) electrons. The third kappa shape index (κ3) is 4.63. The van der Waals surface area contributed by atoms with Crippen molar-refractivity contribution in [3.05, 3.63) is 23.4 Å². The number of carbonyl (C=O) groups is 1. The highest BCUT2D eigenvalue weighted by atomic mass is 32.2. The SMILES string of the molecule is CCNc1cc(C(=O)NC2CCC(SCC)C2)cc(C)n1. The zero-order valence-electron chi connectivity index (χ0n) is 13.1. The molecule has 2 N–H and O–H groups in total. The third-order valence-electron chi connectivity index (χ3n) is 3.70. The molecule has 1 heterocycles. The van der Waals surface area contributed by atoms with E-state index in [9.17, 15) is 4.79 Å². The maximum absolute atomic E-state index is 12.4. The highest BCUT2D eigenvalue weighted by molar-refractivity contribution is 7.99. The molecule has 1 aromatic heterocycles. The summed E-state index contributed by atoms with van der Waals surface area (Å²) in [5.41, 5.74) is 1.56. The predicted octanol–water partition coefficient (Wildman–Crippen LogP) is 3.23. The number of pyridine rings is 1. The summed E-state index contributed by atoms with van der Waals surface area (Å²) >= 11 is 2.01. The van der Waals surface area contributed by atoms with Crippen LogP contribution in [0.2, 0.25) is 0 Å². The van der Waals surface area contributed by atoms with E-state index < -0.39 is 0 Å². The van der Waals surface area contributed by atoms with E-state index in [-0.39, 0.29) is 5.91 Å². The number of hydrogen-bond acceptors (Lipinski definition) is 4. The lowest BCUT2D eigenvalue weighted by molar-refractivity contribution is 0.0938. The largest absolute Gasteiger partial charge is 0.370 e. The number of aromatic nitrogens is 1. The van der Waals surface area contributed by atoms with E-state index >= 15 is 0 Å². The first-order valence-corrected chi connectivity index (χ1v) is 8.82. The summed E-state index contributed by atoms with van der Waals surface area (Å²) < 4.78 is 0. The van der Waals surface area contributed by atoms with E-state index in [1.165, 1.54) is 6.42 Å². The van der Waals surface area contributed by atoms with Gasteiger partial charge in [-0.1, -0.05) is 6.92 Å². The van der Waals surface area contributed by atoms with Crippen LogP contribution in [0.25, 0.3) is 0 Å². The first kappa shape index (κ1) is 16.1. The summed E-state index contributed by atoms with van der Waals surface area (Å²) in [4.78, 5) is 16.8. The molecule has 1 aliphatic rings. The van der Waals surface area contributed by atoms with Crippen LogP contribution >= 0.6 is 11.8 Å². The first-order chi connectivity index (χ1) is 10.1. The molecule has 0 saturated heterocycles. The van der Waals surface area contributed by atoms with Gasteiger partial charge in [0.05, 0.1) is 0 Å². The first-order valence-electron chi connectivity index (χ1n) is 7.77. The molecule has 1 amide bonds. The third-order valence-corrected chi connectivity index (χ3v) is 4.93. The number of amides is 1. The van der Waals surface area contributed by atoms with Crippen LogP contribution in [-0.2, 0) is 0 Å². The Bertz CT molecular complexity index is 492. The van der Waals surface area contributed by atoms with Crippen molar-refractivity contribution in [3.63, 3.8) is 0 Å². The smallest absolute Gasteiger partial charge is 0.251 e. The van der Waals surface area contributed by atoms with Crippen molar-refractivity contribution < 1.29 is 4.79 Å². The summed E-state index contributed by atoms with van der Waals surface area (Å²) in [6.07, 6.45) is 3.39. The molecule has 21 heavy (non-hydrogen) atoms. The second-order valence-electron chi connectivity index (χ2n) is 5.47. The molecular weight excluding hydrogens is 282 g/mol. The Morgan fingerprint density at radius 3 is 2.90 bits per heavy atom. The van der Waals surface area contributed by atoms with Crippen LogP contribution in [0.3, 0.4) is 0 Å². The minimum atomic E-state index is 0.0202. The number of nitrogens with one attached hydrogen (secondary N) is 2. The van der Waals surface area contributed by atoms with Gasteiger partial charge in [0.2, 0.25) is 0 Å². The van der Waals surface area contributed by atoms with Crippen molar-refractivity contribution in [3.8, 4) is 0 Å². The fourth-order valence-corrected chi connectivity index (χ4v) is 3.94. The lowest BCUT2D eigenvalue weighted by atomic mass is 10.2. The van der Waals surface area contributed by atoms with Crippen LogP contribution in [0.4, 0.5) is 5.82 Å². The monoisotopic (exact) mass is 307 g/mol. The Balaban J connectivity index is 1.97. The van der Waals surface area contributed by atoms with E-state index in [1.54, 1.807) is 0 Å². The van der Waals surface area contributed by atoms with Gasteiger partial charge in [0.15, 0.2) is 0 Å². The lowest BCUT2D eigenvalue weighted by Gasteiger charge is -2.14. The lowest BCUT2D eigenvalue weighted by Crippen LogP contribution is -2.33. The highest BCUT2D eigenvalue weighted by Crippen LogP contribution is 2.29. The molecular formula is C16H25N3OS. The van der Waals surface area contributed by atoms with Crippen LogP contribution in [0.1, 0.15) is 49.2 Å². The standard InChI is InChI=1S/C16H25N3OS/c1-4-17-15-9-12(8-11(3)18-15)16(20)19-13-6-7-14(10-13)21-5-2/h8-9,13-14H,4-7,10H2,1-3H3,(H,17,18)(H,19,20). The Morgan fingerprint density at radius 2 is 2.19 bits per heavy atom. The second-order valence-corrected chi connectivity index (χ2v) is 7.05. The number of thioether (sulfide) groups is 1. The maximum atomic E-state index is 12.4. The molecule has 1 aromatic rings. The molecule has 2 rings (SSSR count). The van der Waals surface area contributed by atoms with Crippen LogP contribution in [0, 0.1) is 6.92 Å². The molecule has 0 bridgehead atoms. The number of hydrogen-bond donors (Lipinski definition) is 2. The van der Waals surface area contributed by atoms with Gasteiger partial charge in [-0.2, -0.15) is 11.8 Å². The van der Waals surface area contributed by atoms with Gasteiger partial charge in [0, 0.05) is 29.1 Å². The van der Waals surface area contributed by atoms with Crippen molar-refractivity contribution in [2.24, 2.45) is 0 Å². The Morgan fingerprint density at radius 1 is 1.38 bits per heavy atom. The fraction of sp³-hybridized carbons (Fsp3) is 0.625. The van der Waals surface area contributed by atoms with E-state index in [4.69, 9.17) is 0 Å². The summed E-state index contributed by atoms with van der Waals surface area (Å²) in [5.74, 6) is 1.95. The van der Waals surface area contributed by atoms with Gasteiger partial charge in [0.25, 0.3) is 5.91 Å². The average molecular weight is 307 g/mol. The fourth-order valence-electron chi connectivity index (χ4n) is 2.80. The summed E-state index contributed by atoms with van der Waals surface area (Å²) in [7, 11) is 0. The molecule has 2 atom stereocenters. The summed E-state index contributed by atoms with van der Waals surface area (Å²) in [6.45, 7) is 6.93. The average Bonchev–Trinajstić information content (AvgIpc) is 2.86. The minimum Gasteiger partial charge on any atom is -0.370 e. The van der Waals surface area contributed by atoms with Crippen molar-refractivity contribution in [2.75, 3.05) is 17.6 Å². The second kappa shape index (κ2) is 7.69. The molecule has 0 spiro atoms. The molecule has 2 unspecified atom stereocenters. The molecule has 4 nitrogen and oxygen atoms in total. The van der Waals surface area contributed by atoms with Crippen molar-refractivity contribution in [2.45, 2.75) is 51.3 Å². The van der Waals surface area contributed by atoms with Crippen molar-refractivity contribution in [1.29, 1.82) is 0 Å². The zero-order chi connectivity index (χ0) is 15.2. The van der Waals surface area contributed by atoms with E-state index in [1.807, 2.05) is 37.7 Å². The Kier molecular flexibility index (Phi) is 5.91. The van der Waals surface area contributed by atoms with Crippen LogP contribution in [0.5, 0.6) is 0 Å². The molecule has 5 heteroatoms. The molecule has 0 aliphatic heterocycles. The number of nitrogens with zero attached hydrogens (tertiary/aromatic N) is 1. The van der Waals surface area contributed by atoms with Gasteiger partial charge in [0.1, 0.15) is 5.82 Å². The van der Waals surface area contributed by atoms with Gasteiger partial charge >= 0.3 is 0 Å². The van der Waals surface area contributed by atoms with Crippen LogP contribution < -0.4 is 10.6 Å². The summed E-state index contributed by atoms with van der Waals surface area (Å²) in [6, 6.07) is 4.00. The minimum absolute atomic E-state index is 0.0202. The summed E-state index contributed by atoms with van der Waals surface area (Å²) in [5, 5.41) is 7.04. The Hall–Kier alpha value is -1.23. The number of anilines is 1. The van der Waals surface area contributed by atoms with E-state index in [0.29, 0.717) is 16.9 Å². The van der Waals surface area contributed by atoms with Gasteiger partial charge in [-0.05, 0) is 51.0 Å². The Labute approximate surface area is 131 Å². The topological polar surface area (TPSA) is 54.0 Å². The maximum Gasteiger partial charge on any atom is 0.251 e. The molecule has 1 saturated carbocycles.